The molecular weight excluding hydrogens is 204 g/mol. The van der Waals surface area contributed by atoms with Gasteiger partial charge < -0.3 is 15.7 Å². The van der Waals surface area contributed by atoms with E-state index in [0.717, 1.165) is 5.75 Å². The zero-order valence-corrected chi connectivity index (χ0v) is 8.63. The SMILES string of the molecule is NCC(=O)N1CCSCC1CC(=O)O. The lowest BCUT2D eigenvalue weighted by Crippen LogP contribution is -2.49. The van der Waals surface area contributed by atoms with Crippen LogP contribution >= 0.6 is 11.8 Å². The average Bonchev–Trinajstić information content (AvgIpc) is 2.16. The van der Waals surface area contributed by atoms with E-state index in [4.69, 9.17) is 10.8 Å². The van der Waals surface area contributed by atoms with Crippen molar-refractivity contribution in [3.63, 3.8) is 0 Å². The highest BCUT2D eigenvalue weighted by molar-refractivity contribution is 7.99. The number of carbonyl (C=O) groups excluding carboxylic acids is 1. The molecule has 0 aromatic heterocycles. The molecule has 1 heterocycles. The van der Waals surface area contributed by atoms with Gasteiger partial charge in [-0.25, -0.2) is 0 Å². The quantitative estimate of drug-likeness (QED) is 0.658. The summed E-state index contributed by atoms with van der Waals surface area (Å²) in [7, 11) is 0. The number of carboxylic acid groups (broad SMARTS) is 1. The van der Waals surface area contributed by atoms with Crippen LogP contribution in [0.3, 0.4) is 0 Å². The molecule has 0 radical (unpaired) electrons. The number of aliphatic carboxylic acids is 1. The summed E-state index contributed by atoms with van der Waals surface area (Å²) in [5.41, 5.74) is 5.25. The zero-order valence-electron chi connectivity index (χ0n) is 7.81. The van der Waals surface area contributed by atoms with Gasteiger partial charge in [0.05, 0.1) is 19.0 Å². The van der Waals surface area contributed by atoms with Gasteiger partial charge in [0.1, 0.15) is 0 Å². The van der Waals surface area contributed by atoms with E-state index in [1.54, 1.807) is 16.7 Å². The molecule has 1 amide bonds. The minimum Gasteiger partial charge on any atom is -0.481 e. The normalized spacial score (nSPS) is 22.1. The molecule has 5 nitrogen and oxygen atoms in total. The summed E-state index contributed by atoms with van der Waals surface area (Å²) in [6.45, 7) is 0.569. The highest BCUT2D eigenvalue weighted by Crippen LogP contribution is 2.18. The predicted octanol–water partition coefficient (Wildman–Crippen LogP) is -0.636. The Kier molecular flexibility index (Phi) is 4.21. The summed E-state index contributed by atoms with van der Waals surface area (Å²) < 4.78 is 0. The van der Waals surface area contributed by atoms with Crippen LogP contribution in [0.2, 0.25) is 0 Å². The molecule has 1 fully saturated rings. The van der Waals surface area contributed by atoms with Gasteiger partial charge in [0.2, 0.25) is 5.91 Å². The van der Waals surface area contributed by atoms with Gasteiger partial charge in [-0.1, -0.05) is 0 Å². The maximum atomic E-state index is 11.4. The van der Waals surface area contributed by atoms with Crippen molar-refractivity contribution in [1.82, 2.24) is 4.90 Å². The number of carboxylic acids is 1. The van der Waals surface area contributed by atoms with E-state index in [1.807, 2.05) is 0 Å². The van der Waals surface area contributed by atoms with Crippen molar-refractivity contribution >= 4 is 23.6 Å². The van der Waals surface area contributed by atoms with E-state index in [2.05, 4.69) is 0 Å². The predicted molar refractivity (Wildman–Crippen MR) is 54.1 cm³/mol. The number of hydrogen-bond donors (Lipinski definition) is 2. The summed E-state index contributed by atoms with van der Waals surface area (Å²) in [6.07, 6.45) is 0.0126. The standard InChI is InChI=1S/C8H14N2O3S/c9-4-7(11)10-1-2-14-5-6(10)3-8(12)13/h6H,1-5,9H2,(H,12,13). The molecule has 3 N–H and O–H groups in total. The molecule has 1 aliphatic heterocycles. The Balaban J connectivity index is 2.58. The maximum absolute atomic E-state index is 11.4. The zero-order chi connectivity index (χ0) is 10.6. The van der Waals surface area contributed by atoms with Crippen LogP contribution in [0.25, 0.3) is 0 Å². The molecule has 0 saturated carbocycles. The van der Waals surface area contributed by atoms with Gasteiger partial charge in [0.25, 0.3) is 0 Å². The molecule has 6 heteroatoms. The van der Waals surface area contributed by atoms with Crippen LogP contribution in [0.5, 0.6) is 0 Å². The largest absolute Gasteiger partial charge is 0.481 e. The molecule has 1 aliphatic rings. The Morgan fingerprint density at radius 3 is 2.86 bits per heavy atom. The number of amides is 1. The van der Waals surface area contributed by atoms with Gasteiger partial charge in [-0.2, -0.15) is 11.8 Å². The summed E-state index contributed by atoms with van der Waals surface area (Å²) in [5, 5.41) is 8.66. The molecule has 0 bridgehead atoms. The molecule has 0 spiro atoms. The smallest absolute Gasteiger partial charge is 0.305 e. The maximum Gasteiger partial charge on any atom is 0.305 e. The van der Waals surface area contributed by atoms with Crippen LogP contribution in [-0.2, 0) is 9.59 Å². The Hall–Kier alpha value is -0.750. The van der Waals surface area contributed by atoms with E-state index in [9.17, 15) is 9.59 Å². The third kappa shape index (κ3) is 2.88. The third-order valence-electron chi connectivity index (χ3n) is 2.13. The molecule has 14 heavy (non-hydrogen) atoms. The van der Waals surface area contributed by atoms with Crippen molar-refractivity contribution < 1.29 is 14.7 Å². The van der Waals surface area contributed by atoms with Crippen LogP contribution in [0, 0.1) is 0 Å². The van der Waals surface area contributed by atoms with Crippen molar-refractivity contribution in [3.05, 3.63) is 0 Å². The van der Waals surface area contributed by atoms with Gasteiger partial charge in [0, 0.05) is 18.1 Å². The van der Waals surface area contributed by atoms with Gasteiger partial charge in [-0.15, -0.1) is 0 Å². The van der Waals surface area contributed by atoms with Crippen molar-refractivity contribution in [2.45, 2.75) is 12.5 Å². The molecule has 0 aliphatic carbocycles. The minimum absolute atomic E-state index is 0.0126. The Morgan fingerprint density at radius 2 is 2.29 bits per heavy atom. The van der Waals surface area contributed by atoms with Crippen molar-refractivity contribution in [1.29, 1.82) is 0 Å². The monoisotopic (exact) mass is 218 g/mol. The molecule has 1 unspecified atom stereocenters. The number of rotatable bonds is 3. The molecule has 1 rings (SSSR count). The summed E-state index contributed by atoms with van der Waals surface area (Å²) >= 11 is 1.68. The summed E-state index contributed by atoms with van der Waals surface area (Å²) in [4.78, 5) is 23.5. The number of hydrogen-bond acceptors (Lipinski definition) is 4. The van der Waals surface area contributed by atoms with Gasteiger partial charge in [0.15, 0.2) is 0 Å². The summed E-state index contributed by atoms with van der Waals surface area (Å²) in [5.74, 6) is 0.531. The fourth-order valence-corrected chi connectivity index (χ4v) is 2.53. The topological polar surface area (TPSA) is 83.6 Å². The molecule has 0 aromatic carbocycles. The molecule has 1 saturated heterocycles. The van der Waals surface area contributed by atoms with E-state index in [1.165, 1.54) is 0 Å². The van der Waals surface area contributed by atoms with E-state index in [0.29, 0.717) is 12.3 Å². The second kappa shape index (κ2) is 5.21. The van der Waals surface area contributed by atoms with Crippen LogP contribution in [0.1, 0.15) is 6.42 Å². The lowest BCUT2D eigenvalue weighted by atomic mass is 10.2. The molecule has 80 valence electrons. The highest BCUT2D eigenvalue weighted by Gasteiger charge is 2.27. The first kappa shape index (κ1) is 11.3. The first-order valence-electron chi connectivity index (χ1n) is 4.44. The van der Waals surface area contributed by atoms with Crippen LogP contribution in [0.4, 0.5) is 0 Å². The Labute approximate surface area is 86.6 Å². The Morgan fingerprint density at radius 1 is 1.57 bits per heavy atom. The minimum atomic E-state index is -0.868. The van der Waals surface area contributed by atoms with Crippen LogP contribution in [0.15, 0.2) is 0 Å². The second-order valence-electron chi connectivity index (χ2n) is 3.12. The van der Waals surface area contributed by atoms with Gasteiger partial charge in [-0.3, -0.25) is 9.59 Å². The van der Waals surface area contributed by atoms with E-state index >= 15 is 0 Å². The van der Waals surface area contributed by atoms with E-state index in [-0.39, 0.29) is 24.9 Å². The van der Waals surface area contributed by atoms with Crippen molar-refractivity contribution in [2.24, 2.45) is 5.73 Å². The molecule has 0 aromatic rings. The highest BCUT2D eigenvalue weighted by atomic mass is 32.2. The lowest BCUT2D eigenvalue weighted by molar-refractivity contribution is -0.140. The molecule has 1 atom stereocenters. The van der Waals surface area contributed by atoms with Crippen molar-refractivity contribution in [2.75, 3.05) is 24.6 Å². The Bertz CT molecular complexity index is 235. The number of nitrogens with zero attached hydrogens (tertiary/aromatic N) is 1. The first-order valence-corrected chi connectivity index (χ1v) is 5.59. The van der Waals surface area contributed by atoms with Crippen LogP contribution < -0.4 is 5.73 Å². The fourth-order valence-electron chi connectivity index (χ4n) is 1.47. The van der Waals surface area contributed by atoms with E-state index < -0.39 is 5.97 Å². The van der Waals surface area contributed by atoms with Gasteiger partial charge in [-0.05, 0) is 0 Å². The molecular formula is C8H14N2O3S. The number of thioether (sulfide) groups is 1. The lowest BCUT2D eigenvalue weighted by Gasteiger charge is -2.34. The number of nitrogens with two attached hydrogens (primary N) is 1. The second-order valence-corrected chi connectivity index (χ2v) is 4.27. The number of carbonyl (C=O) groups is 2. The van der Waals surface area contributed by atoms with Gasteiger partial charge >= 0.3 is 5.97 Å². The fraction of sp³-hybridized carbons (Fsp3) is 0.750. The average molecular weight is 218 g/mol. The third-order valence-corrected chi connectivity index (χ3v) is 3.22. The van der Waals surface area contributed by atoms with Crippen LogP contribution in [-0.4, -0.2) is 52.5 Å². The first-order chi connectivity index (χ1) is 6.65. The summed E-state index contributed by atoms with van der Waals surface area (Å²) in [6, 6.07) is -0.192. The van der Waals surface area contributed by atoms with Crippen molar-refractivity contribution in [3.8, 4) is 0 Å².